The predicted molar refractivity (Wildman–Crippen MR) is 121 cm³/mol. The van der Waals surface area contributed by atoms with Crippen LogP contribution in [0.3, 0.4) is 0 Å². The molecule has 1 aromatic carbocycles. The third-order valence-electron chi connectivity index (χ3n) is 4.54. The van der Waals surface area contributed by atoms with Gasteiger partial charge in [-0.2, -0.15) is 0 Å². The van der Waals surface area contributed by atoms with Gasteiger partial charge in [-0.1, -0.05) is 32.0 Å². The van der Waals surface area contributed by atoms with Gasteiger partial charge in [0.05, 0.1) is 6.54 Å². The van der Waals surface area contributed by atoms with Gasteiger partial charge < -0.3 is 20.3 Å². The number of para-hydroxylation sites is 1. The summed E-state index contributed by atoms with van der Waals surface area (Å²) >= 11 is 0. The number of nitrogens with one attached hydrogen (secondary N) is 2. The van der Waals surface area contributed by atoms with Crippen LogP contribution in [0.4, 0.5) is 0 Å². The van der Waals surface area contributed by atoms with Crippen LogP contribution in [0.25, 0.3) is 0 Å². The largest absolute Gasteiger partial charge is 0.489 e. The highest BCUT2D eigenvalue weighted by Gasteiger charge is 2.28. The van der Waals surface area contributed by atoms with E-state index in [-0.39, 0.29) is 47.9 Å². The second-order valence-electron chi connectivity index (χ2n) is 7.22. The van der Waals surface area contributed by atoms with Crippen molar-refractivity contribution in [2.24, 2.45) is 10.9 Å². The first-order valence-corrected chi connectivity index (χ1v) is 9.39. The van der Waals surface area contributed by atoms with E-state index in [2.05, 4.69) is 15.6 Å². The van der Waals surface area contributed by atoms with Crippen LogP contribution >= 0.6 is 24.0 Å². The zero-order valence-electron chi connectivity index (χ0n) is 17.0. The summed E-state index contributed by atoms with van der Waals surface area (Å²) in [5.41, 5.74) is 1.13. The highest BCUT2D eigenvalue weighted by atomic mass is 127. The quantitative estimate of drug-likeness (QED) is 0.367. The van der Waals surface area contributed by atoms with Gasteiger partial charge in [-0.05, 0) is 31.9 Å². The number of carbonyl (C=O) groups is 1. The number of hydrogen-bond donors (Lipinski definition) is 2. The van der Waals surface area contributed by atoms with E-state index in [4.69, 9.17) is 4.74 Å². The van der Waals surface area contributed by atoms with Gasteiger partial charge in [-0.15, -0.1) is 24.0 Å². The Kier molecular flexibility index (Phi) is 9.90. The van der Waals surface area contributed by atoms with Crippen LogP contribution in [0.1, 0.15) is 32.8 Å². The van der Waals surface area contributed by atoms with Crippen molar-refractivity contribution in [1.29, 1.82) is 0 Å². The van der Waals surface area contributed by atoms with Crippen molar-refractivity contribution in [3.63, 3.8) is 0 Å². The molecular weight excluding hydrogens is 455 g/mol. The molecule has 1 heterocycles. The predicted octanol–water partition coefficient (Wildman–Crippen LogP) is 2.80. The number of aryl methyl sites for hydroxylation is 1. The molecule has 7 heteroatoms. The molecule has 0 saturated carbocycles. The Labute approximate surface area is 180 Å². The van der Waals surface area contributed by atoms with Crippen LogP contribution in [0.5, 0.6) is 5.75 Å². The monoisotopic (exact) mass is 488 g/mol. The van der Waals surface area contributed by atoms with E-state index in [1.54, 1.807) is 7.05 Å². The molecule has 1 saturated heterocycles. The van der Waals surface area contributed by atoms with Gasteiger partial charge in [0.1, 0.15) is 11.9 Å². The van der Waals surface area contributed by atoms with E-state index in [1.165, 1.54) is 0 Å². The van der Waals surface area contributed by atoms with Crippen molar-refractivity contribution in [2.45, 2.75) is 46.3 Å². The van der Waals surface area contributed by atoms with Crippen LogP contribution in [0.15, 0.2) is 29.3 Å². The van der Waals surface area contributed by atoms with Crippen LogP contribution in [-0.4, -0.2) is 55.6 Å². The number of guanidine groups is 1. The first-order chi connectivity index (χ1) is 12.4. The average molecular weight is 488 g/mol. The summed E-state index contributed by atoms with van der Waals surface area (Å²) in [5, 5.41) is 6.72. The number of aliphatic imine (C=N–C) groups is 1. The summed E-state index contributed by atoms with van der Waals surface area (Å²) in [6.07, 6.45) is 0.950. The lowest BCUT2D eigenvalue weighted by Crippen LogP contribution is -2.47. The molecule has 0 bridgehead atoms. The maximum Gasteiger partial charge on any atom is 0.225 e. The van der Waals surface area contributed by atoms with E-state index in [0.717, 1.165) is 36.8 Å². The maximum atomic E-state index is 12.1. The lowest BCUT2D eigenvalue weighted by molar-refractivity contribution is -0.133. The first-order valence-electron chi connectivity index (χ1n) is 9.39. The topological polar surface area (TPSA) is 66.0 Å². The van der Waals surface area contributed by atoms with Crippen LogP contribution in [0.2, 0.25) is 0 Å². The number of amides is 1. The standard InChI is InChI=1S/C20H32N4O2.HI/c1-14(2)19(25)24-11-10-17(13-24)23-20(21-5)22-12-16(4)26-18-9-7-6-8-15(18)3;/h6-9,14,16-17H,10-13H2,1-5H3,(H2,21,22,23);1H. The summed E-state index contributed by atoms with van der Waals surface area (Å²) in [4.78, 5) is 18.3. The van der Waals surface area contributed by atoms with Crippen molar-refractivity contribution in [1.82, 2.24) is 15.5 Å². The molecule has 1 aliphatic heterocycles. The highest BCUT2D eigenvalue weighted by Crippen LogP contribution is 2.17. The van der Waals surface area contributed by atoms with Gasteiger partial charge in [0.2, 0.25) is 5.91 Å². The molecule has 2 atom stereocenters. The number of hydrogen-bond acceptors (Lipinski definition) is 3. The molecule has 0 spiro atoms. The molecule has 0 aromatic heterocycles. The van der Waals surface area contributed by atoms with Gasteiger partial charge >= 0.3 is 0 Å². The molecule has 2 N–H and O–H groups in total. The van der Waals surface area contributed by atoms with Gasteiger partial charge in [0.15, 0.2) is 5.96 Å². The molecule has 1 aliphatic rings. The van der Waals surface area contributed by atoms with Gasteiger partial charge in [-0.3, -0.25) is 9.79 Å². The van der Waals surface area contributed by atoms with Crippen molar-refractivity contribution >= 4 is 35.8 Å². The van der Waals surface area contributed by atoms with Gasteiger partial charge in [0, 0.05) is 32.1 Å². The number of likely N-dealkylation sites (tertiary alicyclic amines) is 1. The third kappa shape index (κ3) is 7.20. The minimum atomic E-state index is 0. The lowest BCUT2D eigenvalue weighted by Gasteiger charge is -2.22. The minimum absolute atomic E-state index is 0. The number of carbonyl (C=O) groups excluding carboxylic acids is 1. The van der Waals surface area contributed by atoms with Crippen LogP contribution < -0.4 is 15.4 Å². The summed E-state index contributed by atoms with van der Waals surface area (Å²) in [5.74, 6) is 1.92. The molecule has 27 heavy (non-hydrogen) atoms. The van der Waals surface area contributed by atoms with E-state index in [1.807, 2.05) is 56.9 Å². The molecule has 152 valence electrons. The van der Waals surface area contributed by atoms with Crippen molar-refractivity contribution in [3.8, 4) is 5.75 Å². The maximum absolute atomic E-state index is 12.1. The number of halogens is 1. The molecule has 6 nitrogen and oxygen atoms in total. The van der Waals surface area contributed by atoms with Gasteiger partial charge in [0.25, 0.3) is 0 Å². The Hall–Kier alpha value is -1.51. The second kappa shape index (κ2) is 11.4. The molecule has 2 unspecified atom stereocenters. The number of benzene rings is 1. The van der Waals surface area contributed by atoms with Crippen molar-refractivity contribution in [3.05, 3.63) is 29.8 Å². The SMILES string of the molecule is CN=C(NCC(C)Oc1ccccc1C)NC1CCN(C(=O)C(C)C)C1.I. The number of nitrogens with zero attached hydrogens (tertiary/aromatic N) is 2. The fourth-order valence-corrected chi connectivity index (χ4v) is 3.02. The normalized spacial score (nSPS) is 18.1. The zero-order chi connectivity index (χ0) is 19.1. The minimum Gasteiger partial charge on any atom is -0.489 e. The number of rotatable bonds is 6. The molecule has 1 fully saturated rings. The van der Waals surface area contributed by atoms with Crippen molar-refractivity contribution in [2.75, 3.05) is 26.7 Å². The second-order valence-corrected chi connectivity index (χ2v) is 7.22. The molecular formula is C20H33IN4O2. The zero-order valence-corrected chi connectivity index (χ0v) is 19.3. The lowest BCUT2D eigenvalue weighted by atomic mass is 10.2. The van der Waals surface area contributed by atoms with E-state index < -0.39 is 0 Å². The summed E-state index contributed by atoms with van der Waals surface area (Å²) in [7, 11) is 1.76. The van der Waals surface area contributed by atoms with Crippen LogP contribution in [-0.2, 0) is 4.79 Å². The third-order valence-corrected chi connectivity index (χ3v) is 4.54. The molecule has 2 rings (SSSR count). The molecule has 0 aliphatic carbocycles. The van der Waals surface area contributed by atoms with E-state index in [9.17, 15) is 4.79 Å². The van der Waals surface area contributed by atoms with E-state index in [0.29, 0.717) is 6.54 Å². The Bertz CT molecular complexity index is 636. The van der Waals surface area contributed by atoms with E-state index >= 15 is 0 Å². The number of ether oxygens (including phenoxy) is 1. The molecule has 1 amide bonds. The highest BCUT2D eigenvalue weighted by molar-refractivity contribution is 14.0. The Morgan fingerprint density at radius 3 is 2.67 bits per heavy atom. The Morgan fingerprint density at radius 1 is 1.33 bits per heavy atom. The van der Waals surface area contributed by atoms with Crippen LogP contribution in [0, 0.1) is 12.8 Å². The molecule has 0 radical (unpaired) electrons. The van der Waals surface area contributed by atoms with Crippen molar-refractivity contribution < 1.29 is 9.53 Å². The fraction of sp³-hybridized carbons (Fsp3) is 0.600. The van der Waals surface area contributed by atoms with Gasteiger partial charge in [-0.25, -0.2) is 0 Å². The fourth-order valence-electron chi connectivity index (χ4n) is 3.02. The Balaban J connectivity index is 0.00000364. The molecule has 1 aromatic rings. The first kappa shape index (κ1) is 23.5. The summed E-state index contributed by atoms with van der Waals surface area (Å²) < 4.78 is 5.99. The smallest absolute Gasteiger partial charge is 0.225 e. The summed E-state index contributed by atoms with van der Waals surface area (Å²) in [6.45, 7) is 10.1. The average Bonchev–Trinajstić information content (AvgIpc) is 3.08. The Morgan fingerprint density at radius 2 is 2.04 bits per heavy atom. The summed E-state index contributed by atoms with van der Waals surface area (Å²) in [6, 6.07) is 8.24.